The van der Waals surface area contributed by atoms with Crippen molar-refractivity contribution in [2.24, 2.45) is 11.3 Å². The Labute approximate surface area is 102 Å². The molecule has 1 atom stereocenters. The average molecular weight is 262 g/mol. The monoisotopic (exact) mass is 262 g/mol. The van der Waals surface area contributed by atoms with Crippen LogP contribution in [0, 0.1) is 22.7 Å². The predicted molar refractivity (Wildman–Crippen MR) is 62.6 cm³/mol. The number of hydrogen-bond donors (Lipinski definition) is 2. The lowest BCUT2D eigenvalue weighted by molar-refractivity contribution is -0.142. The normalized spacial score (nSPS) is 14.0. The fraction of sp³-hybridized carbons (Fsp3) is 0.800. The molecule has 2 N–H and O–H groups in total. The number of hydrogen-bond acceptors (Lipinski definition) is 4. The van der Waals surface area contributed by atoms with Crippen LogP contribution in [0.5, 0.6) is 0 Å². The summed E-state index contributed by atoms with van der Waals surface area (Å²) in [5.74, 6) is -2.49. The number of carbonyl (C=O) groups is 1. The molecule has 0 radical (unpaired) electrons. The second kappa shape index (κ2) is 5.98. The van der Waals surface area contributed by atoms with E-state index in [0.29, 0.717) is 6.42 Å². The number of nitriles is 1. The Bertz CT molecular complexity index is 403. The van der Waals surface area contributed by atoms with E-state index < -0.39 is 27.7 Å². The molecule has 98 valence electrons. The molecule has 0 aromatic heterocycles. The van der Waals surface area contributed by atoms with Crippen molar-refractivity contribution in [1.29, 1.82) is 5.26 Å². The molecule has 0 fully saturated rings. The molecule has 0 saturated heterocycles. The van der Waals surface area contributed by atoms with Gasteiger partial charge in [0, 0.05) is 6.54 Å². The molecule has 6 nitrogen and oxygen atoms in total. The van der Waals surface area contributed by atoms with Crippen molar-refractivity contribution in [1.82, 2.24) is 4.72 Å². The van der Waals surface area contributed by atoms with Crippen LogP contribution < -0.4 is 4.72 Å². The molecule has 0 rings (SSSR count). The third kappa shape index (κ3) is 7.71. The lowest BCUT2D eigenvalue weighted by atomic mass is 9.85. The van der Waals surface area contributed by atoms with Crippen LogP contribution >= 0.6 is 0 Å². The maximum atomic E-state index is 11.2. The van der Waals surface area contributed by atoms with Gasteiger partial charge in [0.25, 0.3) is 0 Å². The average Bonchev–Trinajstić information content (AvgIpc) is 2.10. The molecule has 0 aliphatic heterocycles. The number of nitrogens with zero attached hydrogens (tertiary/aromatic N) is 1. The van der Waals surface area contributed by atoms with Crippen molar-refractivity contribution in [3.05, 3.63) is 0 Å². The van der Waals surface area contributed by atoms with E-state index in [1.165, 1.54) is 6.07 Å². The summed E-state index contributed by atoms with van der Waals surface area (Å²) in [6, 6.07) is 1.51. The van der Waals surface area contributed by atoms with Crippen LogP contribution in [0.3, 0.4) is 0 Å². The largest absolute Gasteiger partial charge is 0.481 e. The predicted octanol–water partition coefficient (Wildman–Crippen LogP) is 0.566. The molecule has 7 heteroatoms. The molecule has 0 spiro atoms. The second-order valence-corrected chi connectivity index (χ2v) is 6.87. The lowest BCUT2D eigenvalue weighted by Gasteiger charge is -2.23. The van der Waals surface area contributed by atoms with Gasteiger partial charge >= 0.3 is 5.97 Å². The first-order chi connectivity index (χ1) is 7.57. The Morgan fingerprint density at radius 3 is 2.35 bits per heavy atom. The van der Waals surface area contributed by atoms with Gasteiger partial charge in [-0.15, -0.1) is 0 Å². The molecule has 0 aromatic carbocycles. The quantitative estimate of drug-likeness (QED) is 0.727. The molecular formula is C10H18N2O4S. The molecule has 1 unspecified atom stereocenters. The lowest BCUT2D eigenvalue weighted by Crippen LogP contribution is -2.35. The Morgan fingerprint density at radius 1 is 1.47 bits per heavy atom. The molecule has 17 heavy (non-hydrogen) atoms. The second-order valence-electron chi connectivity index (χ2n) is 5.07. The summed E-state index contributed by atoms with van der Waals surface area (Å²) in [6.45, 7) is 5.46. The number of aliphatic carboxylic acids is 1. The Kier molecular flexibility index (Phi) is 5.58. The van der Waals surface area contributed by atoms with Crippen LogP contribution in [0.2, 0.25) is 0 Å². The topological polar surface area (TPSA) is 107 Å². The minimum absolute atomic E-state index is 0.184. The van der Waals surface area contributed by atoms with Gasteiger partial charge < -0.3 is 5.11 Å². The number of rotatable bonds is 6. The van der Waals surface area contributed by atoms with Crippen LogP contribution in [0.25, 0.3) is 0 Å². The molecule has 0 aliphatic carbocycles. The summed E-state index contributed by atoms with van der Waals surface area (Å²) in [5, 5.41) is 17.2. The molecule has 0 bridgehead atoms. The standard InChI is InChI=1S/C10H18N2O4S/c1-10(2,3)6-8(9(13)14)7-12-17(15,16)5-4-11/h8,12H,5-7H2,1-3H3,(H,13,14). The van der Waals surface area contributed by atoms with E-state index >= 15 is 0 Å². The van der Waals surface area contributed by atoms with Gasteiger partial charge in [-0.3, -0.25) is 4.79 Å². The molecule has 0 saturated carbocycles. The van der Waals surface area contributed by atoms with Gasteiger partial charge in [-0.25, -0.2) is 13.1 Å². The van der Waals surface area contributed by atoms with E-state index in [2.05, 4.69) is 4.72 Å². The van der Waals surface area contributed by atoms with Gasteiger partial charge in [-0.2, -0.15) is 5.26 Å². The van der Waals surface area contributed by atoms with Gasteiger partial charge in [0.05, 0.1) is 12.0 Å². The number of carboxylic acids is 1. The van der Waals surface area contributed by atoms with Crippen molar-refractivity contribution >= 4 is 16.0 Å². The van der Waals surface area contributed by atoms with Gasteiger partial charge in [0.15, 0.2) is 5.75 Å². The van der Waals surface area contributed by atoms with Gasteiger partial charge in [-0.05, 0) is 11.8 Å². The first-order valence-corrected chi connectivity index (χ1v) is 6.80. The highest BCUT2D eigenvalue weighted by Gasteiger charge is 2.25. The minimum Gasteiger partial charge on any atom is -0.481 e. The number of sulfonamides is 1. The Morgan fingerprint density at radius 2 is 2.00 bits per heavy atom. The molecule has 0 heterocycles. The first-order valence-electron chi connectivity index (χ1n) is 5.14. The third-order valence-corrected chi connectivity index (χ3v) is 3.13. The van der Waals surface area contributed by atoms with Gasteiger partial charge in [0.1, 0.15) is 0 Å². The van der Waals surface area contributed by atoms with Gasteiger partial charge in [-0.1, -0.05) is 20.8 Å². The minimum atomic E-state index is -3.69. The summed E-state index contributed by atoms with van der Waals surface area (Å²) in [7, 11) is -3.69. The van der Waals surface area contributed by atoms with Crippen LogP contribution in [0.15, 0.2) is 0 Å². The van der Waals surface area contributed by atoms with Crippen LogP contribution in [0.4, 0.5) is 0 Å². The summed E-state index contributed by atoms with van der Waals surface area (Å²) in [5.41, 5.74) is -0.205. The van der Waals surface area contributed by atoms with Crippen molar-refractivity contribution in [2.75, 3.05) is 12.3 Å². The third-order valence-electron chi connectivity index (χ3n) is 2.01. The summed E-state index contributed by atoms with van der Waals surface area (Å²) >= 11 is 0. The zero-order chi connectivity index (χ0) is 13.7. The number of nitrogens with one attached hydrogen (secondary N) is 1. The zero-order valence-corrected chi connectivity index (χ0v) is 11.0. The highest BCUT2D eigenvalue weighted by Crippen LogP contribution is 2.24. The van der Waals surface area contributed by atoms with E-state index in [1.54, 1.807) is 0 Å². The Hall–Kier alpha value is -1.13. The fourth-order valence-corrected chi connectivity index (χ4v) is 2.08. The van der Waals surface area contributed by atoms with E-state index in [-0.39, 0.29) is 12.0 Å². The summed E-state index contributed by atoms with van der Waals surface area (Å²) < 4.78 is 24.5. The van der Waals surface area contributed by atoms with Crippen molar-refractivity contribution in [2.45, 2.75) is 27.2 Å². The maximum absolute atomic E-state index is 11.2. The van der Waals surface area contributed by atoms with E-state index in [9.17, 15) is 13.2 Å². The zero-order valence-electron chi connectivity index (χ0n) is 10.2. The maximum Gasteiger partial charge on any atom is 0.307 e. The van der Waals surface area contributed by atoms with Crippen molar-refractivity contribution in [3.8, 4) is 6.07 Å². The van der Waals surface area contributed by atoms with Crippen LogP contribution in [0.1, 0.15) is 27.2 Å². The van der Waals surface area contributed by atoms with Crippen molar-refractivity contribution < 1.29 is 18.3 Å². The van der Waals surface area contributed by atoms with E-state index in [1.807, 2.05) is 20.8 Å². The molecular weight excluding hydrogens is 244 g/mol. The first kappa shape index (κ1) is 15.9. The van der Waals surface area contributed by atoms with Crippen molar-refractivity contribution in [3.63, 3.8) is 0 Å². The molecule has 0 aromatic rings. The number of carboxylic acid groups (broad SMARTS) is 1. The summed E-state index contributed by atoms with van der Waals surface area (Å²) in [6.07, 6.45) is 0.359. The summed E-state index contributed by atoms with van der Waals surface area (Å²) in [4.78, 5) is 11.0. The van der Waals surface area contributed by atoms with Crippen LogP contribution in [-0.2, 0) is 14.8 Å². The fourth-order valence-electron chi connectivity index (χ4n) is 1.35. The van der Waals surface area contributed by atoms with Crippen LogP contribution in [-0.4, -0.2) is 31.8 Å². The van der Waals surface area contributed by atoms with E-state index in [4.69, 9.17) is 10.4 Å². The highest BCUT2D eigenvalue weighted by molar-refractivity contribution is 7.89. The molecule has 0 aliphatic rings. The highest BCUT2D eigenvalue weighted by atomic mass is 32.2. The Balaban J connectivity index is 4.50. The molecule has 0 amide bonds. The smallest absolute Gasteiger partial charge is 0.307 e. The SMILES string of the molecule is CC(C)(C)CC(CNS(=O)(=O)CC#N)C(=O)O. The van der Waals surface area contributed by atoms with E-state index in [0.717, 1.165) is 0 Å². The van der Waals surface area contributed by atoms with Gasteiger partial charge in [0.2, 0.25) is 10.0 Å².